The molecule has 0 radical (unpaired) electrons. The second-order valence-electron chi connectivity index (χ2n) is 8.90. The van der Waals surface area contributed by atoms with Crippen molar-refractivity contribution in [3.63, 3.8) is 0 Å². The third kappa shape index (κ3) is 5.46. The Morgan fingerprint density at radius 2 is 1.85 bits per heavy atom. The minimum atomic E-state index is -0.269. The van der Waals surface area contributed by atoms with Crippen molar-refractivity contribution in [2.75, 3.05) is 63.8 Å². The largest absolute Gasteiger partial charge is 0.493 e. The number of benzene rings is 1. The molecule has 2 aliphatic rings. The zero-order valence-corrected chi connectivity index (χ0v) is 20.6. The summed E-state index contributed by atoms with van der Waals surface area (Å²) in [5.41, 5.74) is 0.802. The van der Waals surface area contributed by atoms with E-state index < -0.39 is 0 Å². The van der Waals surface area contributed by atoms with E-state index in [9.17, 15) is 4.79 Å². The third-order valence-corrected chi connectivity index (χ3v) is 6.59. The molecule has 1 N–H and O–H groups in total. The average Bonchev–Trinajstić information content (AvgIpc) is 3.42. The highest BCUT2D eigenvalue weighted by molar-refractivity contribution is 5.92. The molecule has 1 aromatic carbocycles. The molecule has 34 heavy (non-hydrogen) atoms. The predicted molar refractivity (Wildman–Crippen MR) is 133 cm³/mol. The third-order valence-electron chi connectivity index (χ3n) is 6.59. The van der Waals surface area contributed by atoms with Crippen molar-refractivity contribution >= 4 is 28.6 Å². The van der Waals surface area contributed by atoms with E-state index in [1.165, 1.54) is 19.3 Å². The lowest BCUT2D eigenvalue weighted by Crippen LogP contribution is -2.51. The normalized spacial score (nSPS) is 18.4. The molecule has 0 saturated carbocycles. The zero-order chi connectivity index (χ0) is 23.9. The number of carbonyl (C=O) groups excluding carboxylic acids is 1. The molecule has 3 heterocycles. The Morgan fingerprint density at radius 3 is 2.53 bits per heavy atom. The number of carbonyl (C=O) groups is 1. The molecule has 1 atom stereocenters. The van der Waals surface area contributed by atoms with Crippen molar-refractivity contribution in [1.82, 2.24) is 14.9 Å². The molecule has 9 nitrogen and oxygen atoms in total. The van der Waals surface area contributed by atoms with Crippen molar-refractivity contribution in [1.29, 1.82) is 0 Å². The van der Waals surface area contributed by atoms with Gasteiger partial charge in [0.25, 0.3) is 5.91 Å². The Labute approximate surface area is 201 Å². The van der Waals surface area contributed by atoms with Crippen molar-refractivity contribution in [3.8, 4) is 11.5 Å². The Bertz CT molecular complexity index is 971. The lowest BCUT2D eigenvalue weighted by atomic mass is 10.2. The number of aromatic nitrogens is 2. The number of amides is 1. The fourth-order valence-corrected chi connectivity index (χ4v) is 4.58. The Balaban J connectivity index is 1.53. The minimum Gasteiger partial charge on any atom is -0.493 e. The summed E-state index contributed by atoms with van der Waals surface area (Å²) >= 11 is 0. The molecule has 2 aliphatic heterocycles. The van der Waals surface area contributed by atoms with Crippen LogP contribution in [0.3, 0.4) is 0 Å². The molecule has 0 aliphatic carbocycles. The summed E-state index contributed by atoms with van der Waals surface area (Å²) in [4.78, 5) is 26.5. The van der Waals surface area contributed by atoms with Gasteiger partial charge in [-0.25, -0.2) is 4.98 Å². The van der Waals surface area contributed by atoms with Gasteiger partial charge in [0.1, 0.15) is 11.9 Å². The van der Waals surface area contributed by atoms with Gasteiger partial charge in [0.15, 0.2) is 11.5 Å². The summed E-state index contributed by atoms with van der Waals surface area (Å²) in [6, 6.07) is 3.84. The number of methoxy groups -OCH3 is 2. The number of rotatable bonds is 10. The predicted octanol–water partition coefficient (Wildman–Crippen LogP) is 3.47. The molecule has 9 heteroatoms. The van der Waals surface area contributed by atoms with Gasteiger partial charge in [-0.3, -0.25) is 4.79 Å². The number of unbranched alkanes of at least 4 members (excludes halogenated alkanes) is 3. The van der Waals surface area contributed by atoms with E-state index in [4.69, 9.17) is 24.2 Å². The number of nitrogens with one attached hydrogen (secondary N) is 1. The molecule has 1 aromatic heterocycles. The molecule has 2 aromatic rings. The van der Waals surface area contributed by atoms with Crippen molar-refractivity contribution < 1.29 is 19.0 Å². The SMILES string of the molecule is CCCCCCNc1nc(N2CCN(C(=O)C3CCCO3)CC2)nc2cc(OC)c(OC)cc12. The highest BCUT2D eigenvalue weighted by atomic mass is 16.5. The minimum absolute atomic E-state index is 0.114. The van der Waals surface area contributed by atoms with Crippen LogP contribution in [0.4, 0.5) is 11.8 Å². The van der Waals surface area contributed by atoms with Crippen LogP contribution >= 0.6 is 0 Å². The number of piperazine rings is 1. The van der Waals surface area contributed by atoms with E-state index in [0.29, 0.717) is 50.2 Å². The number of nitrogens with zero attached hydrogens (tertiary/aromatic N) is 4. The van der Waals surface area contributed by atoms with E-state index in [0.717, 1.165) is 42.5 Å². The summed E-state index contributed by atoms with van der Waals surface area (Å²) in [6.07, 6.45) is 6.24. The van der Waals surface area contributed by atoms with E-state index in [1.807, 2.05) is 17.0 Å². The van der Waals surface area contributed by atoms with Gasteiger partial charge in [-0.05, 0) is 25.3 Å². The smallest absolute Gasteiger partial charge is 0.251 e. The second kappa shape index (κ2) is 11.6. The van der Waals surface area contributed by atoms with Gasteiger partial charge < -0.3 is 29.3 Å². The van der Waals surface area contributed by atoms with Crippen LogP contribution in [0.5, 0.6) is 11.5 Å². The molecule has 0 bridgehead atoms. The number of ether oxygens (including phenoxy) is 3. The van der Waals surface area contributed by atoms with Gasteiger partial charge in [-0.15, -0.1) is 0 Å². The average molecular weight is 472 g/mol. The summed E-state index contributed by atoms with van der Waals surface area (Å²) in [6.45, 7) is 6.41. The molecule has 186 valence electrons. The maximum atomic E-state index is 12.7. The number of anilines is 2. The number of hydrogen-bond acceptors (Lipinski definition) is 8. The molecule has 4 rings (SSSR count). The monoisotopic (exact) mass is 471 g/mol. The molecule has 1 unspecified atom stereocenters. The summed E-state index contributed by atoms with van der Waals surface area (Å²) in [7, 11) is 3.26. The zero-order valence-electron chi connectivity index (χ0n) is 20.6. The highest BCUT2D eigenvalue weighted by Crippen LogP contribution is 2.35. The first-order chi connectivity index (χ1) is 16.6. The van der Waals surface area contributed by atoms with Gasteiger partial charge in [-0.2, -0.15) is 4.98 Å². The first-order valence-corrected chi connectivity index (χ1v) is 12.5. The summed E-state index contributed by atoms with van der Waals surface area (Å²) < 4.78 is 16.6. The maximum absolute atomic E-state index is 12.7. The van der Waals surface area contributed by atoms with E-state index in [2.05, 4.69) is 17.1 Å². The first kappa shape index (κ1) is 24.3. The van der Waals surface area contributed by atoms with Crippen LogP contribution in [-0.2, 0) is 9.53 Å². The van der Waals surface area contributed by atoms with Gasteiger partial charge in [0, 0.05) is 50.8 Å². The van der Waals surface area contributed by atoms with Gasteiger partial charge in [-0.1, -0.05) is 26.2 Å². The molecule has 2 saturated heterocycles. The van der Waals surface area contributed by atoms with Gasteiger partial charge >= 0.3 is 0 Å². The van der Waals surface area contributed by atoms with Crippen LogP contribution in [0.25, 0.3) is 10.9 Å². The maximum Gasteiger partial charge on any atom is 0.251 e. The molecular formula is C25H37N5O4. The molecule has 1 amide bonds. The van der Waals surface area contributed by atoms with E-state index in [1.54, 1.807) is 14.2 Å². The van der Waals surface area contributed by atoms with Crippen LogP contribution in [0, 0.1) is 0 Å². The van der Waals surface area contributed by atoms with Gasteiger partial charge in [0.2, 0.25) is 5.95 Å². The van der Waals surface area contributed by atoms with Crippen molar-refractivity contribution in [2.45, 2.75) is 51.6 Å². The van der Waals surface area contributed by atoms with Crippen LogP contribution in [0.15, 0.2) is 12.1 Å². The molecular weight excluding hydrogens is 434 g/mol. The summed E-state index contributed by atoms with van der Waals surface area (Å²) in [5, 5.41) is 4.43. The quantitative estimate of drug-likeness (QED) is 0.527. The highest BCUT2D eigenvalue weighted by Gasteiger charge is 2.31. The van der Waals surface area contributed by atoms with Crippen LogP contribution in [0.2, 0.25) is 0 Å². The van der Waals surface area contributed by atoms with Crippen molar-refractivity contribution in [2.24, 2.45) is 0 Å². The standard InChI is InChI=1S/C25H37N5O4/c1-4-5-6-7-10-26-23-18-16-21(32-2)22(33-3)17-19(18)27-25(28-23)30-13-11-29(12-14-30)24(31)20-9-8-15-34-20/h16-17,20H,4-15H2,1-3H3,(H,26,27,28). The van der Waals surface area contributed by atoms with Crippen LogP contribution in [-0.4, -0.2) is 80.4 Å². The summed E-state index contributed by atoms with van der Waals surface area (Å²) in [5.74, 6) is 2.88. The van der Waals surface area contributed by atoms with E-state index >= 15 is 0 Å². The Morgan fingerprint density at radius 1 is 1.09 bits per heavy atom. The van der Waals surface area contributed by atoms with E-state index in [-0.39, 0.29) is 12.0 Å². The molecule has 0 spiro atoms. The number of fused-ring (bicyclic) bond motifs is 1. The first-order valence-electron chi connectivity index (χ1n) is 12.5. The van der Waals surface area contributed by atoms with Crippen LogP contribution in [0.1, 0.15) is 45.4 Å². The lowest BCUT2D eigenvalue weighted by Gasteiger charge is -2.36. The topological polar surface area (TPSA) is 89.1 Å². The fraction of sp³-hybridized carbons (Fsp3) is 0.640. The fourth-order valence-electron chi connectivity index (χ4n) is 4.58. The van der Waals surface area contributed by atoms with Gasteiger partial charge in [0.05, 0.1) is 19.7 Å². The van der Waals surface area contributed by atoms with Crippen LogP contribution < -0.4 is 19.7 Å². The molecule has 2 fully saturated rings. The van der Waals surface area contributed by atoms with Crippen molar-refractivity contribution in [3.05, 3.63) is 12.1 Å². The Kier molecular flexibility index (Phi) is 8.26. The Hall–Kier alpha value is -2.81. The number of hydrogen-bond donors (Lipinski definition) is 1. The lowest BCUT2D eigenvalue weighted by molar-refractivity contribution is -0.141. The second-order valence-corrected chi connectivity index (χ2v) is 8.90.